The van der Waals surface area contributed by atoms with Gasteiger partial charge in [0.15, 0.2) is 5.82 Å². The fourth-order valence-corrected chi connectivity index (χ4v) is 8.93. The summed E-state index contributed by atoms with van der Waals surface area (Å²) in [5, 5.41) is -0.580. The van der Waals surface area contributed by atoms with E-state index in [1.165, 1.54) is 13.2 Å². The van der Waals surface area contributed by atoms with Gasteiger partial charge in [-0.3, -0.25) is 9.69 Å². The molecule has 10 nitrogen and oxygen atoms in total. The van der Waals surface area contributed by atoms with Crippen molar-refractivity contribution >= 4 is 54.7 Å². The maximum Gasteiger partial charge on any atom is 0.417 e. The van der Waals surface area contributed by atoms with Crippen molar-refractivity contribution in [1.29, 1.82) is 0 Å². The number of nitrogens with zero attached hydrogens (tertiary/aromatic N) is 6. The number of aromatic nitrogens is 2. The van der Waals surface area contributed by atoms with Crippen molar-refractivity contribution in [3.05, 3.63) is 59.5 Å². The van der Waals surface area contributed by atoms with E-state index in [9.17, 15) is 9.18 Å². The number of alkyl halides is 3. The fourth-order valence-electron chi connectivity index (χ4n) is 7.99. The van der Waals surface area contributed by atoms with Crippen molar-refractivity contribution in [2.75, 3.05) is 58.1 Å². The Kier molecular flexibility index (Phi) is 9.03. The summed E-state index contributed by atoms with van der Waals surface area (Å²) in [4.78, 5) is 30.5. The molecule has 2 aromatic heterocycles. The molecule has 4 heterocycles. The molecule has 0 radical (unpaired) electrons. The van der Waals surface area contributed by atoms with Gasteiger partial charge in [-0.15, -0.1) is 11.3 Å². The van der Waals surface area contributed by atoms with E-state index in [0.29, 0.717) is 24.3 Å². The van der Waals surface area contributed by atoms with Crippen molar-refractivity contribution < 1.29 is 36.2 Å². The van der Waals surface area contributed by atoms with Crippen LogP contribution in [0.25, 0.3) is 37.0 Å². The number of hydrogen-bond acceptors (Lipinski definition) is 9. The average Bonchev–Trinajstić information content (AvgIpc) is 3.41. The van der Waals surface area contributed by atoms with Gasteiger partial charge in [0.1, 0.15) is 23.8 Å². The number of halogens is 5. The molecule has 0 bridgehead atoms. The second-order valence-corrected chi connectivity index (χ2v) is 14.9. The molecule has 274 valence electrons. The van der Waals surface area contributed by atoms with Gasteiger partial charge in [0, 0.05) is 49.6 Å². The molecule has 2 N–H and O–H groups in total. The summed E-state index contributed by atoms with van der Waals surface area (Å²) in [5.41, 5.74) is 2.89. The van der Waals surface area contributed by atoms with Crippen LogP contribution in [0.5, 0.6) is 6.01 Å². The summed E-state index contributed by atoms with van der Waals surface area (Å²) in [6.07, 6.45) is -0.369. The topological polar surface area (TPSA) is 101 Å². The largest absolute Gasteiger partial charge is 0.462 e. The molecule has 2 saturated heterocycles. The molecule has 1 aliphatic carbocycles. The second-order valence-electron chi connectivity index (χ2n) is 13.9. The van der Waals surface area contributed by atoms with Crippen molar-refractivity contribution in [1.82, 2.24) is 19.8 Å². The number of likely N-dealkylation sites (tertiary alicyclic amines) is 2. The Labute approximate surface area is 300 Å². The van der Waals surface area contributed by atoms with E-state index in [-0.39, 0.29) is 74.1 Å². The van der Waals surface area contributed by atoms with Gasteiger partial charge in [-0.05, 0) is 61.9 Å². The Bertz CT molecular complexity index is 2150. The Hall–Kier alpha value is -4.59. The number of methoxy groups -OCH3 is 1. The van der Waals surface area contributed by atoms with Crippen molar-refractivity contribution in [3.8, 4) is 17.1 Å². The molecule has 3 fully saturated rings. The fraction of sp³-hybridized carbons (Fsp3) is 0.444. The lowest BCUT2D eigenvalue weighted by molar-refractivity contribution is -0.137. The minimum atomic E-state index is -5.11. The Morgan fingerprint density at radius 1 is 1.27 bits per heavy atom. The number of rotatable bonds is 9. The van der Waals surface area contributed by atoms with Gasteiger partial charge in [0.2, 0.25) is 11.6 Å². The summed E-state index contributed by atoms with van der Waals surface area (Å²) in [5.74, 6) is -2.53. The zero-order chi connectivity index (χ0) is 37.3. The van der Waals surface area contributed by atoms with E-state index in [2.05, 4.69) is 26.3 Å². The third-order valence-electron chi connectivity index (χ3n) is 10.7. The third kappa shape index (κ3) is 5.98. The molecule has 16 heteroatoms. The highest BCUT2D eigenvalue weighted by Crippen LogP contribution is 2.54. The number of anilines is 2. The number of thiophene rings is 1. The third-order valence-corrected chi connectivity index (χ3v) is 11.8. The van der Waals surface area contributed by atoms with Crippen LogP contribution in [0, 0.1) is 23.6 Å². The van der Waals surface area contributed by atoms with Crippen LogP contribution in [0.1, 0.15) is 31.2 Å². The monoisotopic (exact) mass is 741 g/mol. The Morgan fingerprint density at radius 3 is 2.65 bits per heavy atom. The molecule has 2 aromatic carbocycles. The molecule has 7 rings (SSSR count). The Morgan fingerprint density at radius 2 is 2.02 bits per heavy atom. The molecule has 4 aromatic rings. The average molecular weight is 742 g/mol. The molecule has 1 saturated carbocycles. The van der Waals surface area contributed by atoms with Crippen LogP contribution in [0.4, 0.5) is 38.5 Å². The van der Waals surface area contributed by atoms with Crippen molar-refractivity contribution in [2.45, 2.75) is 50.0 Å². The van der Waals surface area contributed by atoms with E-state index < -0.39 is 46.5 Å². The highest BCUT2D eigenvalue weighted by atomic mass is 32.1. The quantitative estimate of drug-likeness (QED) is 0.111. The molecule has 3 unspecified atom stereocenters. The first-order valence-electron chi connectivity index (χ1n) is 16.7. The number of carbonyl (C=O) groups excluding carboxylic acids is 1. The van der Waals surface area contributed by atoms with E-state index in [1.807, 2.05) is 7.05 Å². The van der Waals surface area contributed by atoms with E-state index >= 15 is 17.6 Å². The molecule has 1 amide bonds. The van der Waals surface area contributed by atoms with Gasteiger partial charge < -0.3 is 25.0 Å². The summed E-state index contributed by atoms with van der Waals surface area (Å²) >= 11 is 0.700. The highest BCUT2D eigenvalue weighted by molar-refractivity contribution is 7.23. The molecule has 1 spiro atoms. The zero-order valence-corrected chi connectivity index (χ0v) is 29.5. The van der Waals surface area contributed by atoms with Crippen LogP contribution >= 0.6 is 11.3 Å². The molecule has 3 aliphatic rings. The minimum absolute atomic E-state index is 0.0268. The lowest BCUT2D eigenvalue weighted by Gasteiger charge is -2.34. The van der Waals surface area contributed by atoms with Crippen LogP contribution in [-0.2, 0) is 15.7 Å². The summed E-state index contributed by atoms with van der Waals surface area (Å²) in [6, 6.07) is 1.47. The summed E-state index contributed by atoms with van der Waals surface area (Å²) in [7, 11) is 5.08. The first kappa shape index (κ1) is 35.8. The Balaban J connectivity index is 1.43. The molecular formula is C36H36F5N7O3S. The van der Waals surface area contributed by atoms with Crippen LogP contribution in [0.3, 0.4) is 0 Å². The zero-order valence-electron chi connectivity index (χ0n) is 28.7. The molecular weight excluding hydrogens is 705 g/mol. The summed E-state index contributed by atoms with van der Waals surface area (Å²) < 4.78 is 88.8. The second kappa shape index (κ2) is 13.1. The van der Waals surface area contributed by atoms with E-state index in [1.54, 1.807) is 16.8 Å². The standard InChI is InChI=1S/C36H36F5N7O3S/c1-6-25(49)48-12-9-23(24(48)16-50-5)47(4)33-20-13-21(36(39,40)41)26(19-7-8-22(37)31-27(19)30(43-2)32(42)52-31)28(38)29(20)44-34(45-33)51-15-18-14-35(10-11-35)17-46(18)3/h6-8,13,18,23-24H,1,9-12,14-17,42H2,3-5H3. The van der Waals surface area contributed by atoms with Crippen molar-refractivity contribution in [3.63, 3.8) is 0 Å². The van der Waals surface area contributed by atoms with Crippen LogP contribution in [0.15, 0.2) is 30.9 Å². The number of carbonyl (C=O) groups is 1. The predicted molar refractivity (Wildman–Crippen MR) is 189 cm³/mol. The molecule has 2 aliphatic heterocycles. The highest BCUT2D eigenvalue weighted by Gasteiger charge is 2.51. The van der Waals surface area contributed by atoms with Crippen LogP contribution in [0.2, 0.25) is 0 Å². The van der Waals surface area contributed by atoms with E-state index in [0.717, 1.165) is 44.0 Å². The smallest absolute Gasteiger partial charge is 0.417 e. The first-order chi connectivity index (χ1) is 24.7. The number of likely N-dealkylation sites (N-methyl/N-ethyl adjacent to an activating group) is 2. The van der Waals surface area contributed by atoms with Crippen molar-refractivity contribution in [2.24, 2.45) is 5.41 Å². The first-order valence-corrected chi connectivity index (χ1v) is 17.5. The van der Waals surface area contributed by atoms with Gasteiger partial charge in [-0.2, -0.15) is 23.1 Å². The molecule has 3 atom stereocenters. The summed E-state index contributed by atoms with van der Waals surface area (Å²) in [6.45, 7) is 12.7. The SMILES string of the molecule is [C-]#[N+]c1c(N)sc2c(F)ccc(-c3c(C(F)(F)F)cc4c(N(C)C5CCN(C(=O)C=C)C5COC)nc(OCC5CC6(CC6)CN5C)nc4c3F)c12. The number of ether oxygens (including phenoxy) is 2. The minimum Gasteiger partial charge on any atom is -0.462 e. The number of nitrogens with two attached hydrogens (primary N) is 1. The van der Waals surface area contributed by atoms with E-state index in [4.69, 9.17) is 21.8 Å². The molecule has 52 heavy (non-hydrogen) atoms. The predicted octanol–water partition coefficient (Wildman–Crippen LogP) is 7.04. The van der Waals surface area contributed by atoms with Gasteiger partial charge in [0.05, 0.1) is 40.5 Å². The van der Waals surface area contributed by atoms with Crippen LogP contribution < -0.4 is 15.4 Å². The van der Waals surface area contributed by atoms with Gasteiger partial charge in [0.25, 0.3) is 0 Å². The van der Waals surface area contributed by atoms with Gasteiger partial charge in [-0.25, -0.2) is 13.6 Å². The van der Waals surface area contributed by atoms with Crippen LogP contribution in [-0.4, -0.2) is 91.3 Å². The number of hydrogen-bond donors (Lipinski definition) is 1. The number of fused-ring (bicyclic) bond motifs is 2. The maximum absolute atomic E-state index is 17.2. The number of amides is 1. The lowest BCUT2D eigenvalue weighted by Crippen LogP contribution is -2.48. The normalized spacial score (nSPS) is 21.3. The lowest BCUT2D eigenvalue weighted by atomic mass is 9.93. The number of nitrogen functional groups attached to an aromatic ring is 1. The number of benzene rings is 2. The maximum atomic E-state index is 17.2. The van der Waals surface area contributed by atoms with Gasteiger partial charge in [-0.1, -0.05) is 12.6 Å². The van der Waals surface area contributed by atoms with Gasteiger partial charge >= 0.3 is 12.2 Å².